The van der Waals surface area contributed by atoms with Crippen LogP contribution in [0.4, 0.5) is 8.28 Å². The van der Waals surface area contributed by atoms with Crippen molar-refractivity contribution >= 4 is 21.8 Å². The molecule has 22 heavy (non-hydrogen) atoms. The van der Waals surface area contributed by atoms with E-state index in [4.69, 9.17) is 13.2 Å². The van der Waals surface area contributed by atoms with Crippen LogP contribution in [0.2, 0.25) is 0 Å². The molecule has 2 heterocycles. The molecule has 128 valence electrons. The van der Waals surface area contributed by atoms with Gasteiger partial charge >= 0.3 is 33.0 Å². The standard InChI is InChI=1S/C7H16NO.C2HF2N3O2S.O2S/c1-8(7-9-2)5-3-4-6-8;3-1-5-2(7-6-1)10(4,8)9;1-3-2/h3-7H2,1-2H3;(H,5,6,7);/q+1;;. The van der Waals surface area contributed by atoms with E-state index in [2.05, 4.69) is 17.1 Å². The van der Waals surface area contributed by atoms with Crippen molar-refractivity contribution < 1.29 is 34.3 Å². The summed E-state index contributed by atoms with van der Waals surface area (Å²) in [7, 11) is -0.935. The molecule has 0 radical (unpaired) electrons. The van der Waals surface area contributed by atoms with Crippen LogP contribution in [0.15, 0.2) is 5.16 Å². The van der Waals surface area contributed by atoms with Crippen LogP contribution >= 0.6 is 0 Å². The van der Waals surface area contributed by atoms with Gasteiger partial charge in [0.05, 0.1) is 20.1 Å². The third-order valence-corrected chi connectivity index (χ3v) is 3.36. The fraction of sp³-hybridized carbons (Fsp3) is 0.778. The van der Waals surface area contributed by atoms with Crippen molar-refractivity contribution in [2.24, 2.45) is 0 Å². The van der Waals surface area contributed by atoms with E-state index in [9.17, 15) is 16.7 Å². The molecule has 0 unspecified atom stereocenters. The van der Waals surface area contributed by atoms with Gasteiger partial charge in [-0.15, -0.1) is 5.10 Å². The summed E-state index contributed by atoms with van der Waals surface area (Å²) < 4.78 is 66.1. The SMILES string of the molecule is COC[N+]1(C)CCCC1.O=S(=O)(F)c1n[nH]c(F)n1.O=S=O. The fourth-order valence-corrected chi connectivity index (χ4v) is 2.22. The van der Waals surface area contributed by atoms with Crippen LogP contribution in [0, 0.1) is 6.08 Å². The number of ether oxygens (including phenoxy) is 1. The lowest BCUT2D eigenvalue weighted by atomic mass is 10.4. The topological polar surface area (TPSA) is 119 Å². The summed E-state index contributed by atoms with van der Waals surface area (Å²) in [5, 5.41) is 3.05. The smallest absolute Gasteiger partial charge is 0.335 e. The van der Waals surface area contributed by atoms with Crippen molar-refractivity contribution in [3.05, 3.63) is 6.08 Å². The van der Waals surface area contributed by atoms with Crippen LogP contribution in [0.5, 0.6) is 0 Å². The molecule has 0 atom stereocenters. The Bertz CT molecular complexity index is 583. The zero-order valence-electron chi connectivity index (χ0n) is 12.0. The molecule has 0 aliphatic carbocycles. The van der Waals surface area contributed by atoms with E-state index in [0.717, 1.165) is 11.2 Å². The summed E-state index contributed by atoms with van der Waals surface area (Å²) in [6, 6.07) is 0. The van der Waals surface area contributed by atoms with Crippen molar-refractivity contribution in [3.63, 3.8) is 0 Å². The third kappa shape index (κ3) is 8.21. The van der Waals surface area contributed by atoms with Gasteiger partial charge in [-0.2, -0.15) is 26.2 Å². The number of rotatable bonds is 3. The average Bonchev–Trinajstić information content (AvgIpc) is 3.00. The van der Waals surface area contributed by atoms with Gasteiger partial charge in [0.15, 0.2) is 6.73 Å². The first-order valence-electron chi connectivity index (χ1n) is 5.95. The number of hydrogen-bond acceptors (Lipinski definition) is 7. The van der Waals surface area contributed by atoms with Gasteiger partial charge < -0.3 is 9.22 Å². The van der Waals surface area contributed by atoms with Crippen molar-refractivity contribution in [2.45, 2.75) is 18.0 Å². The quantitative estimate of drug-likeness (QED) is 0.581. The Kier molecular flexibility index (Phi) is 9.08. The number of quaternary nitrogens is 1. The molecular formula is C9H17F2N4O5S2+. The van der Waals surface area contributed by atoms with E-state index in [1.807, 2.05) is 0 Å². The Hall–Kier alpha value is -1.31. The molecule has 9 nitrogen and oxygen atoms in total. The molecule has 0 amide bonds. The van der Waals surface area contributed by atoms with E-state index in [-0.39, 0.29) is 0 Å². The molecule has 0 spiro atoms. The minimum Gasteiger partial charge on any atom is -0.335 e. The Morgan fingerprint density at radius 2 is 1.86 bits per heavy atom. The fourth-order valence-electron chi connectivity index (χ4n) is 1.88. The van der Waals surface area contributed by atoms with Crippen molar-refractivity contribution in [1.29, 1.82) is 0 Å². The number of methoxy groups -OCH3 is 1. The monoisotopic (exact) mass is 363 g/mol. The molecule has 1 N–H and O–H groups in total. The number of aromatic nitrogens is 3. The highest BCUT2D eigenvalue weighted by Crippen LogP contribution is 2.15. The van der Waals surface area contributed by atoms with Gasteiger partial charge in [-0.05, 0) is 0 Å². The Morgan fingerprint density at radius 1 is 1.36 bits per heavy atom. The Labute approximate surface area is 130 Å². The number of H-pyrrole nitrogens is 1. The first-order valence-corrected chi connectivity index (χ1v) is 8.00. The first-order chi connectivity index (χ1) is 10.2. The molecule has 2 rings (SSSR count). The van der Waals surface area contributed by atoms with Gasteiger partial charge in [0.25, 0.3) is 0 Å². The summed E-state index contributed by atoms with van der Waals surface area (Å²) >= 11 is -0.750. The summed E-state index contributed by atoms with van der Waals surface area (Å²) in [6.07, 6.45) is 1.51. The lowest BCUT2D eigenvalue weighted by Crippen LogP contribution is -2.42. The lowest BCUT2D eigenvalue weighted by molar-refractivity contribution is -0.916. The zero-order valence-corrected chi connectivity index (χ0v) is 13.6. The number of aromatic amines is 1. The van der Waals surface area contributed by atoms with E-state index in [0.29, 0.717) is 0 Å². The molecule has 0 aromatic carbocycles. The second kappa shape index (κ2) is 9.66. The number of hydrogen-bond donors (Lipinski definition) is 1. The largest absolute Gasteiger partial charge is 0.370 e. The van der Waals surface area contributed by atoms with Gasteiger partial charge in [0.2, 0.25) is 0 Å². The summed E-state index contributed by atoms with van der Waals surface area (Å²) in [6.45, 7) is 3.49. The molecular weight excluding hydrogens is 346 g/mol. The Balaban J connectivity index is 0.000000342. The maximum atomic E-state index is 11.8. The first kappa shape index (κ1) is 20.7. The second-order valence-electron chi connectivity index (χ2n) is 4.61. The molecule has 13 heteroatoms. The molecule has 0 saturated carbocycles. The van der Waals surface area contributed by atoms with Crippen LogP contribution < -0.4 is 0 Å². The van der Waals surface area contributed by atoms with Gasteiger partial charge in [-0.3, -0.25) is 0 Å². The molecule has 1 aliphatic rings. The van der Waals surface area contributed by atoms with Crippen LogP contribution in [0.1, 0.15) is 12.8 Å². The molecule has 1 aromatic rings. The lowest BCUT2D eigenvalue weighted by Gasteiger charge is -2.27. The zero-order chi connectivity index (χ0) is 17.2. The normalized spacial score (nSPS) is 16.0. The molecule has 1 aliphatic heterocycles. The van der Waals surface area contributed by atoms with Crippen LogP contribution in [-0.4, -0.2) is 70.5 Å². The summed E-state index contributed by atoms with van der Waals surface area (Å²) in [4.78, 5) is 2.59. The molecule has 1 aromatic heterocycles. The van der Waals surface area contributed by atoms with E-state index in [1.54, 1.807) is 7.11 Å². The molecule has 1 fully saturated rings. The van der Waals surface area contributed by atoms with Crippen LogP contribution in [-0.2, 0) is 26.5 Å². The minimum atomic E-state index is -4.98. The highest BCUT2D eigenvalue weighted by molar-refractivity contribution is 7.86. The van der Waals surface area contributed by atoms with E-state index >= 15 is 0 Å². The maximum absolute atomic E-state index is 11.8. The highest BCUT2D eigenvalue weighted by atomic mass is 32.3. The number of halogens is 2. The van der Waals surface area contributed by atoms with Gasteiger partial charge in [0, 0.05) is 20.0 Å². The Morgan fingerprint density at radius 3 is 2.14 bits per heavy atom. The van der Waals surface area contributed by atoms with Gasteiger partial charge in [0.1, 0.15) is 0 Å². The maximum Gasteiger partial charge on any atom is 0.370 e. The van der Waals surface area contributed by atoms with E-state index < -0.39 is 33.0 Å². The minimum absolute atomic E-state index is 0.750. The predicted molar refractivity (Wildman–Crippen MR) is 70.6 cm³/mol. The third-order valence-electron chi connectivity index (χ3n) is 2.74. The van der Waals surface area contributed by atoms with Crippen molar-refractivity contribution in [3.8, 4) is 0 Å². The number of nitrogens with zero attached hydrogens (tertiary/aromatic N) is 3. The van der Waals surface area contributed by atoms with Crippen molar-refractivity contribution in [1.82, 2.24) is 15.2 Å². The summed E-state index contributed by atoms with van der Waals surface area (Å²) in [5.74, 6) is 0. The van der Waals surface area contributed by atoms with E-state index in [1.165, 1.54) is 31.0 Å². The van der Waals surface area contributed by atoms with Gasteiger partial charge in [-0.1, -0.05) is 3.89 Å². The highest BCUT2D eigenvalue weighted by Gasteiger charge is 2.25. The molecule has 1 saturated heterocycles. The number of nitrogens with one attached hydrogen (secondary N) is 1. The summed E-state index contributed by atoms with van der Waals surface area (Å²) in [5.41, 5.74) is 0. The second-order valence-corrected chi connectivity index (χ2v) is 5.98. The van der Waals surface area contributed by atoms with Gasteiger partial charge in [-0.25, -0.2) is 5.10 Å². The molecule has 0 bridgehead atoms. The van der Waals surface area contributed by atoms with Crippen molar-refractivity contribution in [2.75, 3.05) is 34.0 Å². The van der Waals surface area contributed by atoms with Crippen LogP contribution in [0.25, 0.3) is 0 Å². The number of likely N-dealkylation sites (tertiary alicyclic amines) is 1. The predicted octanol–water partition coefficient (Wildman–Crippen LogP) is -0.237. The average molecular weight is 363 g/mol. The van der Waals surface area contributed by atoms with Crippen LogP contribution in [0.3, 0.4) is 0 Å².